The summed E-state index contributed by atoms with van der Waals surface area (Å²) in [6.45, 7) is 9.27. The molecular formula is C32H42N2O2. The zero-order chi connectivity index (χ0) is 25.5. The highest BCUT2D eigenvalue weighted by molar-refractivity contribution is 5.40. The Balaban J connectivity index is 1.66. The van der Waals surface area contributed by atoms with E-state index in [0.29, 0.717) is 5.92 Å². The van der Waals surface area contributed by atoms with Crippen LogP contribution in [0.2, 0.25) is 0 Å². The third-order valence-electron chi connectivity index (χ3n) is 7.55. The van der Waals surface area contributed by atoms with Crippen LogP contribution in [0.3, 0.4) is 0 Å². The molecule has 0 saturated carbocycles. The first-order valence-corrected chi connectivity index (χ1v) is 13.2. The molecule has 36 heavy (non-hydrogen) atoms. The molecule has 1 aliphatic rings. The Labute approximate surface area is 217 Å². The lowest BCUT2D eigenvalue weighted by molar-refractivity contribution is 0.172. The van der Waals surface area contributed by atoms with Gasteiger partial charge in [-0.15, -0.1) is 0 Å². The predicted octanol–water partition coefficient (Wildman–Crippen LogP) is 5.91. The highest BCUT2D eigenvalue weighted by Gasteiger charge is 2.40. The van der Waals surface area contributed by atoms with E-state index in [9.17, 15) is 0 Å². The van der Waals surface area contributed by atoms with Gasteiger partial charge >= 0.3 is 0 Å². The lowest BCUT2D eigenvalue weighted by atomic mass is 9.80. The highest BCUT2D eigenvalue weighted by Crippen LogP contribution is 2.35. The topological polar surface area (TPSA) is 42.5 Å². The summed E-state index contributed by atoms with van der Waals surface area (Å²) in [5.41, 5.74) is 5.30. The minimum atomic E-state index is 0.0885. The maximum Gasteiger partial charge on any atom is 0.123 e. The maximum absolute atomic E-state index is 5.76. The second kappa shape index (κ2) is 12.1. The molecule has 2 N–H and O–H groups in total. The van der Waals surface area contributed by atoms with Crippen LogP contribution in [-0.2, 0) is 16.7 Å². The van der Waals surface area contributed by atoms with E-state index in [1.807, 2.05) is 0 Å². The van der Waals surface area contributed by atoms with Crippen molar-refractivity contribution in [2.75, 3.05) is 27.4 Å². The quantitative estimate of drug-likeness (QED) is 0.374. The number of ether oxygens (including phenoxy) is 2. The van der Waals surface area contributed by atoms with Crippen molar-refractivity contribution >= 4 is 0 Å². The summed E-state index contributed by atoms with van der Waals surface area (Å²) in [7, 11) is 3.56. The first-order chi connectivity index (χ1) is 17.4. The van der Waals surface area contributed by atoms with Crippen LogP contribution in [0.4, 0.5) is 0 Å². The van der Waals surface area contributed by atoms with Crippen LogP contribution >= 0.6 is 0 Å². The Bertz CT molecular complexity index is 1040. The Morgan fingerprint density at radius 1 is 0.917 bits per heavy atom. The molecule has 3 atom stereocenters. The molecule has 0 bridgehead atoms. The van der Waals surface area contributed by atoms with Crippen molar-refractivity contribution in [3.8, 4) is 5.75 Å². The van der Waals surface area contributed by atoms with Crippen LogP contribution in [-0.4, -0.2) is 39.5 Å². The largest absolute Gasteiger partial charge is 0.496 e. The van der Waals surface area contributed by atoms with Gasteiger partial charge in [0.2, 0.25) is 0 Å². The Morgan fingerprint density at radius 2 is 1.56 bits per heavy atom. The normalized spacial score (nSPS) is 20.1. The van der Waals surface area contributed by atoms with E-state index in [0.717, 1.165) is 31.9 Å². The zero-order valence-electron chi connectivity index (χ0n) is 22.5. The van der Waals surface area contributed by atoms with E-state index in [1.54, 1.807) is 14.2 Å². The van der Waals surface area contributed by atoms with Gasteiger partial charge in [-0.3, -0.25) is 0 Å². The van der Waals surface area contributed by atoms with Gasteiger partial charge in [0.25, 0.3) is 0 Å². The molecule has 0 radical (unpaired) electrons. The Morgan fingerprint density at radius 3 is 2.11 bits per heavy atom. The third kappa shape index (κ3) is 6.18. The average molecular weight is 487 g/mol. The molecule has 0 unspecified atom stereocenters. The van der Waals surface area contributed by atoms with E-state index in [1.165, 1.54) is 22.3 Å². The average Bonchev–Trinajstić information content (AvgIpc) is 3.29. The van der Waals surface area contributed by atoms with Gasteiger partial charge in [-0.05, 0) is 47.1 Å². The van der Waals surface area contributed by atoms with Gasteiger partial charge in [0.15, 0.2) is 0 Å². The molecular weight excluding hydrogens is 444 g/mol. The van der Waals surface area contributed by atoms with E-state index < -0.39 is 0 Å². The Kier molecular flexibility index (Phi) is 8.84. The summed E-state index contributed by atoms with van der Waals surface area (Å²) in [6, 6.07) is 29.0. The highest BCUT2D eigenvalue weighted by atomic mass is 16.5. The van der Waals surface area contributed by atoms with Gasteiger partial charge in [-0.25, -0.2) is 0 Å². The van der Waals surface area contributed by atoms with Gasteiger partial charge in [0.1, 0.15) is 5.75 Å². The molecule has 3 aromatic carbocycles. The standard InChI is InChI=1S/C32H42N2O2/c1-32(2,3)27-16-17-28(36-5)26(20-27)22-33-30-25(18-19-35-4)21-34-31(30)29(23-12-8-6-9-13-23)24-14-10-7-11-15-24/h6-17,20,25,29-31,33-34H,18-19,21-22H2,1-5H3/t25-,30-,31-/m0/s1. The van der Waals surface area contributed by atoms with Crippen molar-refractivity contribution in [1.29, 1.82) is 0 Å². The number of benzene rings is 3. The van der Waals surface area contributed by atoms with Gasteiger partial charge in [-0.2, -0.15) is 0 Å². The Hall–Kier alpha value is -2.66. The van der Waals surface area contributed by atoms with E-state index in [-0.39, 0.29) is 23.4 Å². The minimum absolute atomic E-state index is 0.0885. The number of methoxy groups -OCH3 is 2. The molecule has 0 amide bonds. The van der Waals surface area contributed by atoms with E-state index in [4.69, 9.17) is 9.47 Å². The minimum Gasteiger partial charge on any atom is -0.496 e. The summed E-state index contributed by atoms with van der Waals surface area (Å²) < 4.78 is 11.3. The monoisotopic (exact) mass is 486 g/mol. The molecule has 192 valence electrons. The van der Waals surface area contributed by atoms with Crippen LogP contribution < -0.4 is 15.4 Å². The first kappa shape index (κ1) is 26.4. The maximum atomic E-state index is 5.76. The van der Waals surface area contributed by atoms with Gasteiger partial charge in [0.05, 0.1) is 7.11 Å². The molecule has 4 nitrogen and oxygen atoms in total. The van der Waals surface area contributed by atoms with Crippen molar-refractivity contribution in [3.63, 3.8) is 0 Å². The summed E-state index contributed by atoms with van der Waals surface area (Å²) in [6.07, 6.45) is 1.02. The second-order valence-corrected chi connectivity index (χ2v) is 11.0. The number of hydrogen-bond donors (Lipinski definition) is 2. The van der Waals surface area contributed by atoms with Crippen molar-refractivity contribution < 1.29 is 9.47 Å². The molecule has 0 aliphatic carbocycles. The summed E-state index contributed by atoms with van der Waals surface area (Å²) >= 11 is 0. The predicted molar refractivity (Wildman–Crippen MR) is 149 cm³/mol. The summed E-state index contributed by atoms with van der Waals surface area (Å²) in [4.78, 5) is 0. The smallest absolute Gasteiger partial charge is 0.123 e. The van der Waals surface area contributed by atoms with Crippen LogP contribution in [0.15, 0.2) is 78.9 Å². The van der Waals surface area contributed by atoms with Crippen LogP contribution in [0.1, 0.15) is 55.4 Å². The summed E-state index contributed by atoms with van der Waals surface area (Å²) in [5.74, 6) is 1.66. The molecule has 1 fully saturated rings. The van der Waals surface area contributed by atoms with E-state index >= 15 is 0 Å². The first-order valence-electron chi connectivity index (χ1n) is 13.2. The molecule has 1 saturated heterocycles. The number of rotatable bonds is 10. The lowest BCUT2D eigenvalue weighted by Gasteiger charge is -2.33. The number of nitrogens with one attached hydrogen (secondary N) is 2. The zero-order valence-corrected chi connectivity index (χ0v) is 22.5. The van der Waals surface area contributed by atoms with E-state index in [2.05, 4.69) is 110 Å². The second-order valence-electron chi connectivity index (χ2n) is 11.0. The molecule has 0 aromatic heterocycles. The van der Waals surface area contributed by atoms with Crippen molar-refractivity contribution in [2.24, 2.45) is 5.92 Å². The molecule has 3 aromatic rings. The third-order valence-corrected chi connectivity index (χ3v) is 7.55. The SMILES string of the molecule is COCC[C@H]1CN[C@@H](C(c2ccccc2)c2ccccc2)[C@H]1NCc1cc(C(C)(C)C)ccc1OC. The number of hydrogen-bond acceptors (Lipinski definition) is 4. The lowest BCUT2D eigenvalue weighted by Crippen LogP contribution is -2.46. The fourth-order valence-corrected chi connectivity index (χ4v) is 5.54. The van der Waals surface area contributed by atoms with Crippen molar-refractivity contribution in [3.05, 3.63) is 101 Å². The van der Waals surface area contributed by atoms with Gasteiger partial charge in [0, 0.05) is 43.8 Å². The molecule has 1 heterocycles. The fraction of sp³-hybridized carbons (Fsp3) is 0.438. The fourth-order valence-electron chi connectivity index (χ4n) is 5.54. The van der Waals surface area contributed by atoms with Crippen LogP contribution in [0, 0.1) is 5.92 Å². The molecule has 0 spiro atoms. The van der Waals surface area contributed by atoms with Crippen LogP contribution in [0.25, 0.3) is 0 Å². The molecule has 4 heteroatoms. The van der Waals surface area contributed by atoms with Crippen molar-refractivity contribution in [1.82, 2.24) is 10.6 Å². The van der Waals surface area contributed by atoms with Gasteiger partial charge in [-0.1, -0.05) is 93.6 Å². The van der Waals surface area contributed by atoms with Crippen molar-refractivity contribution in [2.45, 2.75) is 57.2 Å². The summed E-state index contributed by atoms with van der Waals surface area (Å²) in [5, 5.41) is 7.90. The van der Waals surface area contributed by atoms with Gasteiger partial charge < -0.3 is 20.1 Å². The molecule has 1 aliphatic heterocycles. The van der Waals surface area contributed by atoms with Crippen LogP contribution in [0.5, 0.6) is 5.75 Å². The molecule has 4 rings (SSSR count).